The second kappa shape index (κ2) is 1.67. The molecule has 2 atom stereocenters. The third kappa shape index (κ3) is 0.756. The fourth-order valence-electron chi connectivity index (χ4n) is 1.29. The van der Waals surface area contributed by atoms with Gasteiger partial charge in [0, 0.05) is 6.54 Å². The summed E-state index contributed by atoms with van der Waals surface area (Å²) >= 11 is 0. The van der Waals surface area contributed by atoms with Crippen LogP contribution in [0, 0.1) is 0 Å². The minimum Gasteiger partial charge on any atom is -0.366 e. The van der Waals surface area contributed by atoms with Crippen molar-refractivity contribution in [2.45, 2.75) is 18.2 Å². The molecule has 2 heterocycles. The van der Waals surface area contributed by atoms with Gasteiger partial charge in [0.2, 0.25) is 0 Å². The Kier molecular flexibility index (Phi) is 1.04. The van der Waals surface area contributed by atoms with Crippen LogP contribution in [0.25, 0.3) is 0 Å². The molecule has 0 aromatic heterocycles. The van der Waals surface area contributed by atoms with E-state index in [4.69, 9.17) is 4.74 Å². The maximum atomic E-state index is 12.8. The number of piperidine rings is 1. The number of epoxide rings is 1. The van der Waals surface area contributed by atoms with E-state index in [0.717, 1.165) is 13.0 Å². The van der Waals surface area contributed by atoms with Gasteiger partial charge >= 0.3 is 0 Å². The molecule has 2 fully saturated rings. The van der Waals surface area contributed by atoms with Gasteiger partial charge in [0.05, 0.1) is 6.61 Å². The Morgan fingerprint density at radius 3 is 2.89 bits per heavy atom. The van der Waals surface area contributed by atoms with Gasteiger partial charge in [-0.3, -0.25) is 0 Å². The number of ether oxygens (including phenoxy) is 1. The molecule has 9 heavy (non-hydrogen) atoms. The maximum absolute atomic E-state index is 12.8. The van der Waals surface area contributed by atoms with E-state index in [-0.39, 0.29) is 5.60 Å². The first-order valence-electron chi connectivity index (χ1n) is 3.32. The number of hydrogen-bond donors (Lipinski definition) is 1. The quantitative estimate of drug-likeness (QED) is 0.471. The van der Waals surface area contributed by atoms with Gasteiger partial charge in [-0.25, -0.2) is 4.39 Å². The molecule has 0 radical (unpaired) electrons. The Morgan fingerprint density at radius 1 is 1.67 bits per heavy atom. The van der Waals surface area contributed by atoms with Crippen molar-refractivity contribution in [3.05, 3.63) is 0 Å². The number of rotatable bonds is 0. The zero-order valence-corrected chi connectivity index (χ0v) is 5.19. The molecule has 0 aromatic carbocycles. The van der Waals surface area contributed by atoms with Crippen molar-refractivity contribution in [2.24, 2.45) is 0 Å². The molecule has 52 valence electrons. The minimum atomic E-state index is -0.772. The lowest BCUT2D eigenvalue weighted by Crippen LogP contribution is -2.43. The van der Waals surface area contributed by atoms with Crippen molar-refractivity contribution in [1.82, 2.24) is 5.32 Å². The molecular weight excluding hydrogens is 121 g/mol. The number of hydrogen-bond acceptors (Lipinski definition) is 2. The largest absolute Gasteiger partial charge is 0.366 e. The highest BCUT2D eigenvalue weighted by atomic mass is 19.1. The van der Waals surface area contributed by atoms with Crippen molar-refractivity contribution in [3.8, 4) is 0 Å². The molecule has 0 amide bonds. The van der Waals surface area contributed by atoms with E-state index >= 15 is 0 Å². The third-order valence-electron chi connectivity index (χ3n) is 2.13. The van der Waals surface area contributed by atoms with E-state index < -0.39 is 6.17 Å². The molecule has 0 saturated carbocycles. The summed E-state index contributed by atoms with van der Waals surface area (Å²) in [7, 11) is 0. The summed E-state index contributed by atoms with van der Waals surface area (Å²) in [5, 5.41) is 2.98. The Morgan fingerprint density at radius 2 is 2.44 bits per heavy atom. The molecule has 0 aromatic rings. The molecule has 2 unspecified atom stereocenters. The fourth-order valence-corrected chi connectivity index (χ4v) is 1.29. The summed E-state index contributed by atoms with van der Waals surface area (Å²) in [5.41, 5.74) is -0.342. The Balaban J connectivity index is 2.03. The lowest BCUT2D eigenvalue weighted by Gasteiger charge is -2.22. The molecule has 2 nitrogen and oxygen atoms in total. The first-order chi connectivity index (χ1) is 4.33. The molecule has 2 aliphatic heterocycles. The molecule has 0 aliphatic carbocycles. The summed E-state index contributed by atoms with van der Waals surface area (Å²) in [4.78, 5) is 0. The van der Waals surface area contributed by atoms with Gasteiger partial charge in [-0.1, -0.05) is 0 Å². The van der Waals surface area contributed by atoms with E-state index in [1.165, 1.54) is 0 Å². The van der Waals surface area contributed by atoms with Gasteiger partial charge in [0.25, 0.3) is 0 Å². The highest BCUT2D eigenvalue weighted by molar-refractivity contribution is 5.02. The summed E-state index contributed by atoms with van der Waals surface area (Å²) in [6.07, 6.45) is 0.0694. The lowest BCUT2D eigenvalue weighted by atomic mass is 9.97. The Bertz CT molecular complexity index is 124. The van der Waals surface area contributed by atoms with E-state index in [9.17, 15) is 4.39 Å². The van der Waals surface area contributed by atoms with Crippen molar-refractivity contribution in [2.75, 3.05) is 19.7 Å². The van der Waals surface area contributed by atoms with Gasteiger partial charge < -0.3 is 10.1 Å². The smallest absolute Gasteiger partial charge is 0.144 e. The van der Waals surface area contributed by atoms with Crippen LogP contribution in [0.2, 0.25) is 0 Å². The molecular formula is C6H10FNO. The zero-order valence-electron chi connectivity index (χ0n) is 5.19. The fraction of sp³-hybridized carbons (Fsp3) is 1.00. The first-order valence-corrected chi connectivity index (χ1v) is 3.32. The molecule has 2 aliphatic rings. The van der Waals surface area contributed by atoms with Crippen LogP contribution in [0.5, 0.6) is 0 Å². The first kappa shape index (κ1) is 5.62. The van der Waals surface area contributed by atoms with Crippen LogP contribution in [0.3, 0.4) is 0 Å². The predicted molar refractivity (Wildman–Crippen MR) is 31.1 cm³/mol. The SMILES string of the molecule is FC1CNCCC12CO2. The molecule has 1 spiro atoms. The van der Waals surface area contributed by atoms with Crippen molar-refractivity contribution < 1.29 is 9.13 Å². The lowest BCUT2D eigenvalue weighted by molar-refractivity contribution is 0.126. The molecule has 0 bridgehead atoms. The van der Waals surface area contributed by atoms with Crippen LogP contribution in [0.15, 0.2) is 0 Å². The van der Waals surface area contributed by atoms with Crippen LogP contribution >= 0.6 is 0 Å². The summed E-state index contributed by atoms with van der Waals surface area (Å²) in [5.74, 6) is 0. The standard InChI is InChI=1S/C6H10FNO/c7-5-3-8-2-1-6(5)4-9-6/h5,8H,1-4H2. The summed E-state index contributed by atoms with van der Waals surface area (Å²) in [6.45, 7) is 2.01. The van der Waals surface area contributed by atoms with Gasteiger partial charge in [-0.05, 0) is 13.0 Å². The highest BCUT2D eigenvalue weighted by Crippen LogP contribution is 2.37. The monoisotopic (exact) mass is 131 g/mol. The van der Waals surface area contributed by atoms with E-state index in [1.54, 1.807) is 0 Å². The number of nitrogens with one attached hydrogen (secondary N) is 1. The van der Waals surface area contributed by atoms with Gasteiger partial charge in [0.1, 0.15) is 11.8 Å². The maximum Gasteiger partial charge on any atom is 0.144 e. The van der Waals surface area contributed by atoms with E-state index in [1.807, 2.05) is 0 Å². The number of halogens is 1. The minimum absolute atomic E-state index is 0.342. The Labute approximate surface area is 53.4 Å². The van der Waals surface area contributed by atoms with Crippen LogP contribution in [0.4, 0.5) is 4.39 Å². The van der Waals surface area contributed by atoms with E-state index in [0.29, 0.717) is 13.2 Å². The van der Waals surface area contributed by atoms with Crippen molar-refractivity contribution in [3.63, 3.8) is 0 Å². The van der Waals surface area contributed by atoms with Crippen LogP contribution in [0.1, 0.15) is 6.42 Å². The van der Waals surface area contributed by atoms with Crippen LogP contribution in [-0.4, -0.2) is 31.5 Å². The van der Waals surface area contributed by atoms with Gasteiger partial charge in [-0.15, -0.1) is 0 Å². The van der Waals surface area contributed by atoms with Gasteiger partial charge in [0.15, 0.2) is 0 Å². The van der Waals surface area contributed by atoms with Crippen LogP contribution in [-0.2, 0) is 4.74 Å². The predicted octanol–water partition coefficient (Wildman–Crippen LogP) is 0.0868. The van der Waals surface area contributed by atoms with Crippen molar-refractivity contribution in [1.29, 1.82) is 0 Å². The second-order valence-electron chi connectivity index (χ2n) is 2.78. The average Bonchev–Trinajstić information content (AvgIpc) is 2.60. The van der Waals surface area contributed by atoms with Crippen molar-refractivity contribution >= 4 is 0 Å². The topological polar surface area (TPSA) is 24.6 Å². The molecule has 2 rings (SSSR count). The summed E-state index contributed by atoms with van der Waals surface area (Å²) in [6, 6.07) is 0. The Hall–Kier alpha value is -0.150. The third-order valence-corrected chi connectivity index (χ3v) is 2.13. The molecule has 1 N–H and O–H groups in total. The molecule has 2 saturated heterocycles. The normalized spacial score (nSPS) is 49.7. The zero-order chi connectivity index (χ0) is 6.32. The second-order valence-corrected chi connectivity index (χ2v) is 2.78. The average molecular weight is 131 g/mol. The highest BCUT2D eigenvalue weighted by Gasteiger charge is 2.53. The van der Waals surface area contributed by atoms with Gasteiger partial charge in [-0.2, -0.15) is 0 Å². The van der Waals surface area contributed by atoms with E-state index in [2.05, 4.69) is 5.32 Å². The summed E-state index contributed by atoms with van der Waals surface area (Å²) < 4.78 is 17.9. The van der Waals surface area contributed by atoms with Crippen LogP contribution < -0.4 is 5.32 Å². The molecule has 3 heteroatoms. The number of alkyl halides is 1.